The van der Waals surface area contributed by atoms with E-state index in [1.807, 2.05) is 24.3 Å². The maximum absolute atomic E-state index is 12.2. The van der Waals surface area contributed by atoms with Crippen molar-refractivity contribution >= 4 is 24.0 Å². The lowest BCUT2D eigenvalue weighted by atomic mass is 9.91. The maximum atomic E-state index is 12.2. The molecule has 0 aromatic heterocycles. The van der Waals surface area contributed by atoms with E-state index in [0.717, 1.165) is 24.4 Å². The van der Waals surface area contributed by atoms with Crippen molar-refractivity contribution in [2.75, 3.05) is 32.1 Å². The first-order valence-electron chi connectivity index (χ1n) is 7.52. The van der Waals surface area contributed by atoms with Crippen LogP contribution in [0.5, 0.6) is 5.75 Å². The van der Waals surface area contributed by atoms with Crippen LogP contribution >= 0.6 is 12.4 Å². The average molecular weight is 328 g/mol. The Bertz CT molecular complexity index is 484. The van der Waals surface area contributed by atoms with Crippen molar-refractivity contribution in [1.82, 2.24) is 4.90 Å². The van der Waals surface area contributed by atoms with Gasteiger partial charge in [-0.05, 0) is 37.4 Å². The number of likely N-dealkylation sites (tertiary alicyclic amines) is 1. The van der Waals surface area contributed by atoms with Crippen LogP contribution in [0.15, 0.2) is 24.3 Å². The van der Waals surface area contributed by atoms with Gasteiger partial charge in [-0.15, -0.1) is 12.4 Å². The Morgan fingerprint density at radius 1 is 1.50 bits per heavy atom. The number of piperidine rings is 1. The van der Waals surface area contributed by atoms with Gasteiger partial charge in [0.2, 0.25) is 5.91 Å². The van der Waals surface area contributed by atoms with E-state index in [1.54, 1.807) is 7.11 Å². The zero-order valence-corrected chi connectivity index (χ0v) is 14.1. The van der Waals surface area contributed by atoms with Crippen LogP contribution in [0.3, 0.4) is 0 Å². The molecule has 1 saturated heterocycles. The minimum Gasteiger partial charge on any atom is -0.497 e. The average Bonchev–Trinajstić information content (AvgIpc) is 2.47. The fourth-order valence-corrected chi connectivity index (χ4v) is 3.00. The Hall–Kier alpha value is -1.30. The van der Waals surface area contributed by atoms with Gasteiger partial charge in [0.25, 0.3) is 0 Å². The van der Waals surface area contributed by atoms with E-state index < -0.39 is 0 Å². The molecule has 1 aliphatic rings. The van der Waals surface area contributed by atoms with Crippen molar-refractivity contribution in [1.29, 1.82) is 0 Å². The molecule has 1 aliphatic heterocycles. The van der Waals surface area contributed by atoms with Gasteiger partial charge in [-0.1, -0.05) is 13.0 Å². The third kappa shape index (κ3) is 4.87. The number of carbonyl (C=O) groups excluding carboxylic acids is 1. The number of amides is 1. The van der Waals surface area contributed by atoms with Crippen LogP contribution < -0.4 is 15.8 Å². The maximum Gasteiger partial charge on any atom is 0.238 e. The normalized spacial score (nSPS) is 21.8. The minimum absolute atomic E-state index is 0. The highest BCUT2D eigenvalue weighted by Crippen LogP contribution is 2.22. The van der Waals surface area contributed by atoms with Crippen LogP contribution in [0.4, 0.5) is 5.69 Å². The molecule has 2 atom stereocenters. The number of nitrogens with zero attached hydrogens (tertiary/aromatic N) is 1. The second kappa shape index (κ2) is 8.98. The number of hydrogen-bond donors (Lipinski definition) is 2. The Kier molecular flexibility index (Phi) is 7.65. The van der Waals surface area contributed by atoms with E-state index in [1.165, 1.54) is 6.42 Å². The number of anilines is 1. The number of nitrogens with two attached hydrogens (primary N) is 1. The molecule has 1 heterocycles. The molecule has 1 fully saturated rings. The summed E-state index contributed by atoms with van der Waals surface area (Å²) in [6.07, 6.45) is 2.32. The van der Waals surface area contributed by atoms with Crippen LogP contribution in [0.2, 0.25) is 0 Å². The number of hydrogen-bond acceptors (Lipinski definition) is 4. The summed E-state index contributed by atoms with van der Waals surface area (Å²) in [4.78, 5) is 14.4. The fraction of sp³-hybridized carbons (Fsp3) is 0.562. The predicted octanol–water partition coefficient (Wildman–Crippen LogP) is 2.11. The highest BCUT2D eigenvalue weighted by Gasteiger charge is 2.28. The van der Waals surface area contributed by atoms with E-state index in [9.17, 15) is 4.79 Å². The van der Waals surface area contributed by atoms with Gasteiger partial charge in [0.15, 0.2) is 0 Å². The molecule has 0 radical (unpaired) electrons. The minimum atomic E-state index is -0.00389. The zero-order valence-electron chi connectivity index (χ0n) is 13.2. The summed E-state index contributed by atoms with van der Waals surface area (Å²) in [5.41, 5.74) is 6.62. The summed E-state index contributed by atoms with van der Waals surface area (Å²) in [5, 5.41) is 2.92. The molecule has 3 N–H and O–H groups in total. The lowest BCUT2D eigenvalue weighted by Gasteiger charge is -2.38. The van der Waals surface area contributed by atoms with E-state index >= 15 is 0 Å². The third-order valence-corrected chi connectivity index (χ3v) is 4.17. The summed E-state index contributed by atoms with van der Waals surface area (Å²) in [7, 11) is 1.61. The standard InChI is InChI=1S/C16H25N3O2.ClH/c1-12-5-4-8-19(15(12)10-17)11-16(20)18-13-6-3-7-14(9-13)21-2;/h3,6-7,9,12,15H,4-5,8,10-11,17H2,1-2H3,(H,18,20);1H. The topological polar surface area (TPSA) is 67.6 Å². The van der Waals surface area contributed by atoms with Crippen molar-refractivity contribution in [3.63, 3.8) is 0 Å². The Labute approximate surface area is 138 Å². The van der Waals surface area contributed by atoms with E-state index in [0.29, 0.717) is 25.0 Å². The van der Waals surface area contributed by atoms with Crippen LogP contribution in [-0.4, -0.2) is 43.6 Å². The summed E-state index contributed by atoms with van der Waals surface area (Å²) in [5.74, 6) is 1.28. The second-order valence-corrected chi connectivity index (χ2v) is 5.67. The number of rotatable bonds is 5. The highest BCUT2D eigenvalue weighted by atomic mass is 35.5. The number of benzene rings is 1. The molecule has 1 amide bonds. The zero-order chi connectivity index (χ0) is 15.2. The Balaban J connectivity index is 0.00000242. The summed E-state index contributed by atoms with van der Waals surface area (Å²) in [6.45, 7) is 4.15. The molecule has 1 aromatic rings. The van der Waals surface area contributed by atoms with Gasteiger partial charge >= 0.3 is 0 Å². The largest absolute Gasteiger partial charge is 0.497 e. The van der Waals surface area contributed by atoms with Gasteiger partial charge < -0.3 is 15.8 Å². The molecule has 0 saturated carbocycles. The Morgan fingerprint density at radius 2 is 2.27 bits per heavy atom. The summed E-state index contributed by atoms with van der Waals surface area (Å²) < 4.78 is 5.16. The lowest BCUT2D eigenvalue weighted by molar-refractivity contribution is -0.118. The van der Waals surface area contributed by atoms with E-state index in [4.69, 9.17) is 10.5 Å². The molecule has 0 spiro atoms. The van der Waals surface area contributed by atoms with Gasteiger partial charge in [-0.3, -0.25) is 9.69 Å². The van der Waals surface area contributed by atoms with Crippen LogP contribution in [0.25, 0.3) is 0 Å². The fourth-order valence-electron chi connectivity index (χ4n) is 3.00. The third-order valence-electron chi connectivity index (χ3n) is 4.17. The molecule has 0 bridgehead atoms. The van der Waals surface area contributed by atoms with E-state index in [-0.39, 0.29) is 18.3 Å². The van der Waals surface area contributed by atoms with E-state index in [2.05, 4.69) is 17.1 Å². The molecule has 2 unspecified atom stereocenters. The first-order chi connectivity index (χ1) is 10.1. The summed E-state index contributed by atoms with van der Waals surface area (Å²) in [6, 6.07) is 7.69. The number of halogens is 1. The molecule has 22 heavy (non-hydrogen) atoms. The molecular formula is C16H26ClN3O2. The van der Waals surface area contributed by atoms with Crippen LogP contribution in [0, 0.1) is 5.92 Å². The number of nitrogens with one attached hydrogen (secondary N) is 1. The Morgan fingerprint density at radius 3 is 2.95 bits per heavy atom. The van der Waals surface area contributed by atoms with Gasteiger partial charge in [0, 0.05) is 24.3 Å². The quantitative estimate of drug-likeness (QED) is 0.869. The number of methoxy groups -OCH3 is 1. The first kappa shape index (κ1) is 18.7. The van der Waals surface area contributed by atoms with Crippen molar-refractivity contribution in [3.8, 4) is 5.75 Å². The van der Waals surface area contributed by atoms with Gasteiger partial charge in [-0.2, -0.15) is 0 Å². The molecule has 1 aromatic carbocycles. The van der Waals surface area contributed by atoms with Crippen molar-refractivity contribution in [2.45, 2.75) is 25.8 Å². The number of carbonyl (C=O) groups is 1. The monoisotopic (exact) mass is 327 g/mol. The van der Waals surface area contributed by atoms with Gasteiger partial charge in [0.05, 0.1) is 13.7 Å². The first-order valence-corrected chi connectivity index (χ1v) is 7.52. The lowest BCUT2D eigenvalue weighted by Crippen LogP contribution is -2.51. The molecule has 2 rings (SSSR count). The van der Waals surface area contributed by atoms with Crippen molar-refractivity contribution < 1.29 is 9.53 Å². The summed E-state index contributed by atoms with van der Waals surface area (Å²) >= 11 is 0. The second-order valence-electron chi connectivity index (χ2n) is 5.67. The van der Waals surface area contributed by atoms with Gasteiger partial charge in [-0.25, -0.2) is 0 Å². The predicted molar refractivity (Wildman–Crippen MR) is 91.7 cm³/mol. The smallest absolute Gasteiger partial charge is 0.238 e. The molecule has 5 nitrogen and oxygen atoms in total. The molecular weight excluding hydrogens is 302 g/mol. The number of ether oxygens (including phenoxy) is 1. The molecule has 6 heteroatoms. The van der Waals surface area contributed by atoms with Crippen molar-refractivity contribution in [2.24, 2.45) is 11.7 Å². The SMILES string of the molecule is COc1cccc(NC(=O)CN2CCCC(C)C2CN)c1.Cl. The highest BCUT2D eigenvalue weighted by molar-refractivity contribution is 5.92. The van der Waals surface area contributed by atoms with Crippen molar-refractivity contribution in [3.05, 3.63) is 24.3 Å². The van der Waals surface area contributed by atoms with Crippen LogP contribution in [0.1, 0.15) is 19.8 Å². The molecule has 0 aliphatic carbocycles. The molecule has 124 valence electrons. The van der Waals surface area contributed by atoms with Crippen LogP contribution in [-0.2, 0) is 4.79 Å². The van der Waals surface area contributed by atoms with Gasteiger partial charge in [0.1, 0.15) is 5.75 Å².